The van der Waals surface area contributed by atoms with Crippen molar-refractivity contribution in [2.24, 2.45) is 0 Å². The van der Waals surface area contributed by atoms with Crippen LogP contribution in [0.25, 0.3) is 0 Å². The second-order valence-corrected chi connectivity index (χ2v) is 8.89. The third kappa shape index (κ3) is 4.25. The summed E-state index contributed by atoms with van der Waals surface area (Å²) in [5, 5.41) is 0. The van der Waals surface area contributed by atoms with Gasteiger partial charge in [-0.1, -0.05) is 24.3 Å². The fraction of sp³-hybridized carbons (Fsp3) is 0.300. The number of para-hydroxylation sites is 2. The third-order valence-corrected chi connectivity index (χ3v) is 7.46. The predicted octanol–water partition coefficient (Wildman–Crippen LogP) is 3.89. The van der Waals surface area contributed by atoms with E-state index in [1.807, 2.05) is 72.1 Å². The first-order valence-electron chi connectivity index (χ1n) is 8.77. The molecule has 0 atom stereocenters. The van der Waals surface area contributed by atoms with E-state index < -0.39 is 0 Å². The molecule has 1 saturated heterocycles. The summed E-state index contributed by atoms with van der Waals surface area (Å²) in [7, 11) is 0. The van der Waals surface area contributed by atoms with E-state index in [0.717, 1.165) is 0 Å². The summed E-state index contributed by atoms with van der Waals surface area (Å²) in [5.41, 5.74) is 1.94. The molecule has 0 spiro atoms. The van der Waals surface area contributed by atoms with Crippen LogP contribution >= 0.6 is 23.5 Å². The molecule has 140 valence electrons. The summed E-state index contributed by atoms with van der Waals surface area (Å²) in [6.07, 6.45) is 0.121. The number of esters is 1. The van der Waals surface area contributed by atoms with Crippen LogP contribution in [0.1, 0.15) is 16.6 Å². The number of ether oxygens (including phenoxy) is 2. The number of carbonyl (C=O) groups is 2. The Balaban J connectivity index is 1.34. The molecule has 4 rings (SSSR count). The maximum absolute atomic E-state index is 12.2. The Labute approximate surface area is 166 Å². The lowest BCUT2D eigenvalue weighted by Gasteiger charge is -2.28. The number of anilines is 1. The number of hydrogen-bond donors (Lipinski definition) is 0. The minimum atomic E-state index is -0.357. The summed E-state index contributed by atoms with van der Waals surface area (Å²) in [4.78, 5) is 25.9. The number of fused-ring (bicyclic) bond motifs is 1. The van der Waals surface area contributed by atoms with Gasteiger partial charge in [-0.2, -0.15) is 0 Å². The molecule has 2 aromatic rings. The molecule has 2 heterocycles. The van der Waals surface area contributed by atoms with Gasteiger partial charge in [0.2, 0.25) is 0 Å². The van der Waals surface area contributed by atoms with Crippen molar-refractivity contribution in [1.82, 2.24) is 0 Å². The van der Waals surface area contributed by atoms with Crippen molar-refractivity contribution in [3.05, 3.63) is 54.1 Å². The molecule has 5 nitrogen and oxygen atoms in total. The first-order chi connectivity index (χ1) is 13.2. The first-order valence-corrected chi connectivity index (χ1v) is 10.9. The van der Waals surface area contributed by atoms with Crippen molar-refractivity contribution < 1.29 is 19.1 Å². The summed E-state index contributed by atoms with van der Waals surface area (Å²) in [6, 6.07) is 15.0. The molecule has 0 radical (unpaired) electrons. The normalized spacial score (nSPS) is 16.7. The smallest absolute Gasteiger partial charge is 0.312 e. The molecule has 2 aliphatic heterocycles. The standard InChI is InChI=1S/C20H19NO4S2/c22-18-13-24-17-4-2-1-3-16(17)21(18)10-9-19(23)25-15-7-5-14(6-8-15)20-26-11-12-27-20/h1-8,20H,9-13H2. The fourth-order valence-corrected chi connectivity index (χ4v) is 5.89. The van der Waals surface area contributed by atoms with Gasteiger partial charge in [0.15, 0.2) is 6.61 Å². The van der Waals surface area contributed by atoms with Crippen LogP contribution in [0.15, 0.2) is 48.5 Å². The highest BCUT2D eigenvalue weighted by molar-refractivity contribution is 8.19. The minimum absolute atomic E-state index is 0.00921. The Morgan fingerprint density at radius 1 is 1.11 bits per heavy atom. The molecule has 0 aliphatic carbocycles. The molecule has 27 heavy (non-hydrogen) atoms. The molecule has 2 aromatic carbocycles. The molecule has 0 bridgehead atoms. The van der Waals surface area contributed by atoms with Gasteiger partial charge in [-0.25, -0.2) is 0 Å². The van der Waals surface area contributed by atoms with Crippen LogP contribution in [0.3, 0.4) is 0 Å². The maximum Gasteiger partial charge on any atom is 0.312 e. The number of carbonyl (C=O) groups excluding carboxylic acids is 2. The number of rotatable bonds is 5. The third-order valence-electron chi connectivity index (χ3n) is 4.35. The van der Waals surface area contributed by atoms with Gasteiger partial charge in [-0.05, 0) is 29.8 Å². The maximum atomic E-state index is 12.2. The summed E-state index contributed by atoms with van der Waals surface area (Å²) >= 11 is 3.88. The average Bonchev–Trinajstić information content (AvgIpc) is 3.22. The molecule has 0 aromatic heterocycles. The van der Waals surface area contributed by atoms with Crippen LogP contribution in [0.2, 0.25) is 0 Å². The zero-order chi connectivity index (χ0) is 18.6. The number of hydrogen-bond acceptors (Lipinski definition) is 6. The van der Waals surface area contributed by atoms with Crippen LogP contribution in [-0.4, -0.2) is 36.5 Å². The summed E-state index contributed by atoms with van der Waals surface area (Å²) < 4.78 is 11.3. The number of amides is 1. The second kappa shape index (κ2) is 8.27. The van der Waals surface area contributed by atoms with E-state index in [0.29, 0.717) is 21.8 Å². The van der Waals surface area contributed by atoms with E-state index in [9.17, 15) is 9.59 Å². The zero-order valence-electron chi connectivity index (χ0n) is 14.6. The van der Waals surface area contributed by atoms with Gasteiger partial charge in [-0.15, -0.1) is 23.5 Å². The van der Waals surface area contributed by atoms with E-state index in [1.165, 1.54) is 17.1 Å². The largest absolute Gasteiger partial charge is 0.482 e. The van der Waals surface area contributed by atoms with Crippen LogP contribution in [-0.2, 0) is 9.59 Å². The average molecular weight is 402 g/mol. The zero-order valence-corrected chi connectivity index (χ0v) is 16.3. The predicted molar refractivity (Wildman–Crippen MR) is 109 cm³/mol. The van der Waals surface area contributed by atoms with Crippen LogP contribution < -0.4 is 14.4 Å². The quantitative estimate of drug-likeness (QED) is 0.560. The van der Waals surface area contributed by atoms with E-state index in [-0.39, 0.29) is 31.4 Å². The van der Waals surface area contributed by atoms with Crippen molar-refractivity contribution in [2.75, 3.05) is 29.6 Å². The van der Waals surface area contributed by atoms with E-state index in [1.54, 1.807) is 4.90 Å². The topological polar surface area (TPSA) is 55.8 Å². The molecule has 0 N–H and O–H groups in total. The second-order valence-electron chi connectivity index (χ2n) is 6.17. The molecule has 2 aliphatic rings. The van der Waals surface area contributed by atoms with Gasteiger partial charge in [0.1, 0.15) is 11.5 Å². The molecule has 1 fully saturated rings. The lowest BCUT2D eigenvalue weighted by Crippen LogP contribution is -2.40. The highest BCUT2D eigenvalue weighted by Gasteiger charge is 2.25. The molecule has 0 unspecified atom stereocenters. The first kappa shape index (κ1) is 18.3. The van der Waals surface area contributed by atoms with Crippen LogP contribution in [0.5, 0.6) is 11.5 Å². The van der Waals surface area contributed by atoms with Gasteiger partial charge < -0.3 is 14.4 Å². The Morgan fingerprint density at radius 3 is 2.63 bits per heavy atom. The van der Waals surface area contributed by atoms with Gasteiger partial charge in [-0.3, -0.25) is 9.59 Å². The van der Waals surface area contributed by atoms with Gasteiger partial charge in [0.25, 0.3) is 5.91 Å². The number of nitrogens with zero attached hydrogens (tertiary/aromatic N) is 1. The monoisotopic (exact) mass is 401 g/mol. The Hall–Kier alpha value is -2.12. The van der Waals surface area contributed by atoms with Crippen LogP contribution in [0.4, 0.5) is 5.69 Å². The van der Waals surface area contributed by atoms with Crippen molar-refractivity contribution in [3.63, 3.8) is 0 Å². The van der Waals surface area contributed by atoms with E-state index in [4.69, 9.17) is 9.47 Å². The highest BCUT2D eigenvalue weighted by Crippen LogP contribution is 2.45. The van der Waals surface area contributed by atoms with Crippen molar-refractivity contribution in [2.45, 2.75) is 11.0 Å². The number of thioether (sulfide) groups is 2. The van der Waals surface area contributed by atoms with Crippen molar-refractivity contribution in [3.8, 4) is 11.5 Å². The molecule has 7 heteroatoms. The number of benzene rings is 2. The molecule has 1 amide bonds. The fourth-order valence-electron chi connectivity index (χ4n) is 3.03. The lowest BCUT2D eigenvalue weighted by molar-refractivity contribution is -0.134. The van der Waals surface area contributed by atoms with Crippen molar-refractivity contribution in [1.29, 1.82) is 0 Å². The van der Waals surface area contributed by atoms with E-state index >= 15 is 0 Å². The minimum Gasteiger partial charge on any atom is -0.482 e. The lowest BCUT2D eigenvalue weighted by atomic mass is 10.2. The van der Waals surface area contributed by atoms with Gasteiger partial charge >= 0.3 is 5.97 Å². The highest BCUT2D eigenvalue weighted by atomic mass is 32.2. The molecule has 0 saturated carbocycles. The SMILES string of the molecule is O=C(CCN1C(=O)COc2ccccc21)Oc1ccc(C2SCCS2)cc1. The molecular weight excluding hydrogens is 382 g/mol. The van der Waals surface area contributed by atoms with Gasteiger partial charge in [0, 0.05) is 18.1 Å². The van der Waals surface area contributed by atoms with E-state index in [2.05, 4.69) is 0 Å². The summed E-state index contributed by atoms with van der Waals surface area (Å²) in [5.74, 6) is 3.03. The molecular formula is C20H19NO4S2. The Morgan fingerprint density at radius 2 is 1.85 bits per heavy atom. The van der Waals surface area contributed by atoms with Crippen LogP contribution in [0, 0.1) is 0 Å². The Kier molecular flexibility index (Phi) is 5.59. The Bertz CT molecular complexity index is 834. The summed E-state index contributed by atoms with van der Waals surface area (Å²) in [6.45, 7) is 0.260. The van der Waals surface area contributed by atoms with Crippen molar-refractivity contribution >= 4 is 41.1 Å². The van der Waals surface area contributed by atoms with Gasteiger partial charge in [0.05, 0.1) is 16.7 Å².